The zero-order valence-electron chi connectivity index (χ0n) is 18.9. The van der Waals surface area contributed by atoms with Gasteiger partial charge in [0.05, 0.1) is 18.8 Å². The quantitative estimate of drug-likeness (QED) is 0.452. The fourth-order valence-corrected chi connectivity index (χ4v) is 4.18. The number of fused-ring (bicyclic) bond motifs is 1. The Morgan fingerprint density at radius 1 is 0.882 bits per heavy atom. The van der Waals surface area contributed by atoms with Gasteiger partial charge in [0.1, 0.15) is 5.82 Å². The molecule has 34 heavy (non-hydrogen) atoms. The van der Waals surface area contributed by atoms with Gasteiger partial charge in [-0.1, -0.05) is 72.8 Å². The Bertz CT molecular complexity index is 1280. The van der Waals surface area contributed by atoms with Crippen LogP contribution < -0.4 is 10.2 Å². The molecule has 170 valence electrons. The zero-order chi connectivity index (χ0) is 23.3. The third kappa shape index (κ3) is 4.76. The molecule has 0 bridgehead atoms. The molecule has 4 aromatic rings. The van der Waals surface area contributed by atoms with Crippen molar-refractivity contribution in [1.82, 2.24) is 15.1 Å². The lowest BCUT2D eigenvalue weighted by atomic mass is 10.1. The van der Waals surface area contributed by atoms with Crippen molar-refractivity contribution in [2.75, 3.05) is 11.4 Å². The Morgan fingerprint density at radius 3 is 2.32 bits per heavy atom. The number of nitrogens with zero attached hydrogens (tertiary/aromatic N) is 3. The highest BCUT2D eigenvalue weighted by atomic mass is 16.2. The summed E-state index contributed by atoms with van der Waals surface area (Å²) in [5.41, 5.74) is 4.65. The van der Waals surface area contributed by atoms with E-state index in [-0.39, 0.29) is 11.8 Å². The molecule has 0 unspecified atom stereocenters. The third-order valence-corrected chi connectivity index (χ3v) is 6.04. The first kappa shape index (κ1) is 21.6. The van der Waals surface area contributed by atoms with E-state index in [9.17, 15) is 9.59 Å². The second kappa shape index (κ2) is 9.75. The summed E-state index contributed by atoms with van der Waals surface area (Å²) in [6.45, 7) is 1.61. The number of anilines is 1. The van der Waals surface area contributed by atoms with Gasteiger partial charge < -0.3 is 5.32 Å². The third-order valence-electron chi connectivity index (χ3n) is 6.04. The Balaban J connectivity index is 1.25. The summed E-state index contributed by atoms with van der Waals surface area (Å²) in [4.78, 5) is 27.0. The SMILES string of the molecule is O=C(NCCc1ccccc1)c1ccc(CN2C(=O)CCn3nc(-c4ccccc4)cc32)cc1. The second-order valence-corrected chi connectivity index (χ2v) is 8.40. The molecular formula is C28H26N4O2. The summed E-state index contributed by atoms with van der Waals surface area (Å²) in [5, 5.41) is 7.68. The number of hydrogen-bond acceptors (Lipinski definition) is 3. The first-order valence-corrected chi connectivity index (χ1v) is 11.5. The van der Waals surface area contributed by atoms with Crippen LogP contribution in [0.2, 0.25) is 0 Å². The average Bonchev–Trinajstić information content (AvgIpc) is 3.32. The van der Waals surface area contributed by atoms with E-state index in [4.69, 9.17) is 5.10 Å². The maximum absolute atomic E-state index is 12.7. The predicted octanol–water partition coefficient (Wildman–Crippen LogP) is 4.46. The summed E-state index contributed by atoms with van der Waals surface area (Å²) >= 11 is 0. The molecule has 1 aliphatic rings. The largest absolute Gasteiger partial charge is 0.352 e. The highest BCUT2D eigenvalue weighted by Crippen LogP contribution is 2.29. The van der Waals surface area contributed by atoms with Crippen molar-refractivity contribution in [1.29, 1.82) is 0 Å². The molecule has 0 atom stereocenters. The minimum absolute atomic E-state index is 0.0785. The van der Waals surface area contributed by atoms with Gasteiger partial charge in [0.15, 0.2) is 0 Å². The van der Waals surface area contributed by atoms with Gasteiger partial charge in [-0.15, -0.1) is 0 Å². The van der Waals surface area contributed by atoms with E-state index in [0.29, 0.717) is 31.6 Å². The predicted molar refractivity (Wildman–Crippen MR) is 132 cm³/mol. The van der Waals surface area contributed by atoms with Crippen molar-refractivity contribution in [2.24, 2.45) is 0 Å². The fraction of sp³-hybridized carbons (Fsp3) is 0.179. The van der Waals surface area contributed by atoms with E-state index >= 15 is 0 Å². The molecule has 6 heteroatoms. The van der Waals surface area contributed by atoms with Crippen molar-refractivity contribution < 1.29 is 9.59 Å². The van der Waals surface area contributed by atoms with Crippen LogP contribution in [-0.4, -0.2) is 28.1 Å². The lowest BCUT2D eigenvalue weighted by molar-refractivity contribution is -0.119. The molecule has 3 aromatic carbocycles. The van der Waals surface area contributed by atoms with Gasteiger partial charge in [-0.05, 0) is 29.7 Å². The van der Waals surface area contributed by atoms with Crippen molar-refractivity contribution in [3.05, 3.63) is 108 Å². The van der Waals surface area contributed by atoms with Gasteiger partial charge >= 0.3 is 0 Å². The number of hydrogen-bond donors (Lipinski definition) is 1. The van der Waals surface area contributed by atoms with Crippen molar-refractivity contribution in [2.45, 2.75) is 25.9 Å². The standard InChI is InChI=1S/C28H26N4O2/c33-27-16-18-32-26(19-25(30-32)23-9-5-2-6-10-23)31(27)20-22-11-13-24(14-12-22)28(34)29-17-15-21-7-3-1-4-8-21/h1-14,19H,15-18,20H2,(H,29,34). The number of amides is 2. The molecule has 1 aliphatic heterocycles. The van der Waals surface area contributed by atoms with Gasteiger partial charge in [-0.2, -0.15) is 5.10 Å². The van der Waals surface area contributed by atoms with Crippen LogP contribution in [0.5, 0.6) is 0 Å². The van der Waals surface area contributed by atoms with Gasteiger partial charge in [-0.3, -0.25) is 14.5 Å². The van der Waals surface area contributed by atoms with Crippen molar-refractivity contribution >= 4 is 17.6 Å². The van der Waals surface area contributed by atoms with Crippen LogP contribution in [0.4, 0.5) is 5.82 Å². The summed E-state index contributed by atoms with van der Waals surface area (Å²) < 4.78 is 1.90. The lowest BCUT2D eigenvalue weighted by Gasteiger charge is -2.27. The number of benzene rings is 3. The molecule has 0 saturated heterocycles. The Labute approximate surface area is 198 Å². The van der Waals surface area contributed by atoms with Crippen LogP contribution in [-0.2, 0) is 24.3 Å². The van der Waals surface area contributed by atoms with E-state index in [0.717, 1.165) is 29.1 Å². The van der Waals surface area contributed by atoms with E-state index in [1.165, 1.54) is 5.56 Å². The lowest BCUT2D eigenvalue weighted by Crippen LogP contribution is -2.36. The average molecular weight is 451 g/mol. The maximum atomic E-state index is 12.7. The summed E-state index contributed by atoms with van der Waals surface area (Å²) in [6.07, 6.45) is 1.21. The zero-order valence-corrected chi connectivity index (χ0v) is 18.9. The van der Waals surface area contributed by atoms with Crippen molar-refractivity contribution in [3.8, 4) is 11.3 Å². The van der Waals surface area contributed by atoms with E-state index in [1.54, 1.807) is 4.90 Å². The number of carbonyl (C=O) groups excluding carboxylic acids is 2. The number of nitrogens with one attached hydrogen (secondary N) is 1. The summed E-state index contributed by atoms with van der Waals surface area (Å²) in [7, 11) is 0. The van der Waals surface area contributed by atoms with Gasteiger partial charge in [0.25, 0.3) is 5.91 Å². The van der Waals surface area contributed by atoms with E-state index < -0.39 is 0 Å². The number of aromatic nitrogens is 2. The molecule has 6 nitrogen and oxygen atoms in total. The maximum Gasteiger partial charge on any atom is 0.251 e. The second-order valence-electron chi connectivity index (χ2n) is 8.40. The van der Waals surface area contributed by atoms with Gasteiger partial charge in [0.2, 0.25) is 5.91 Å². The molecular weight excluding hydrogens is 424 g/mol. The molecule has 1 N–H and O–H groups in total. The topological polar surface area (TPSA) is 67.2 Å². The van der Waals surface area contributed by atoms with E-state index in [2.05, 4.69) is 17.4 Å². The fourth-order valence-electron chi connectivity index (χ4n) is 4.18. The highest BCUT2D eigenvalue weighted by molar-refractivity contribution is 5.95. The highest BCUT2D eigenvalue weighted by Gasteiger charge is 2.26. The van der Waals surface area contributed by atoms with Crippen molar-refractivity contribution in [3.63, 3.8) is 0 Å². The molecule has 0 spiro atoms. The first-order chi connectivity index (χ1) is 16.7. The molecule has 0 fully saturated rings. The van der Waals surface area contributed by atoms with Crippen LogP contribution in [0.25, 0.3) is 11.3 Å². The minimum Gasteiger partial charge on any atom is -0.352 e. The Kier molecular flexibility index (Phi) is 6.21. The van der Waals surface area contributed by atoms with Crippen LogP contribution in [0.3, 0.4) is 0 Å². The van der Waals surface area contributed by atoms with Gasteiger partial charge in [0, 0.05) is 30.2 Å². The van der Waals surface area contributed by atoms with Crippen LogP contribution >= 0.6 is 0 Å². The Hall–Kier alpha value is -4.19. The number of rotatable bonds is 7. The number of aryl methyl sites for hydroxylation is 1. The number of carbonyl (C=O) groups is 2. The van der Waals surface area contributed by atoms with Crippen LogP contribution in [0.15, 0.2) is 91.0 Å². The van der Waals surface area contributed by atoms with Gasteiger partial charge in [-0.25, -0.2) is 4.68 Å². The molecule has 1 aromatic heterocycles. The molecule has 2 heterocycles. The molecule has 2 amide bonds. The monoisotopic (exact) mass is 450 g/mol. The van der Waals surface area contributed by atoms with E-state index in [1.807, 2.05) is 83.5 Å². The molecule has 0 radical (unpaired) electrons. The first-order valence-electron chi connectivity index (χ1n) is 11.5. The molecule has 5 rings (SSSR count). The minimum atomic E-state index is -0.0953. The normalized spacial score (nSPS) is 12.9. The summed E-state index contributed by atoms with van der Waals surface area (Å²) in [6, 6.07) is 29.5. The molecule has 0 aliphatic carbocycles. The summed E-state index contributed by atoms with van der Waals surface area (Å²) in [5.74, 6) is 0.787. The molecule has 0 saturated carbocycles. The smallest absolute Gasteiger partial charge is 0.251 e. The van der Waals surface area contributed by atoms with Crippen LogP contribution in [0, 0.1) is 0 Å². The Morgan fingerprint density at radius 2 is 1.59 bits per heavy atom. The van der Waals surface area contributed by atoms with Crippen LogP contribution in [0.1, 0.15) is 27.9 Å².